The van der Waals surface area contributed by atoms with E-state index < -0.39 is 17.6 Å². The number of fused-ring (bicyclic) bond motifs is 1. The minimum atomic E-state index is -4.48. The van der Waals surface area contributed by atoms with Crippen LogP contribution in [0.15, 0.2) is 42.6 Å². The van der Waals surface area contributed by atoms with Gasteiger partial charge in [0.15, 0.2) is 5.65 Å². The molecule has 0 unspecified atom stereocenters. The lowest BCUT2D eigenvalue weighted by molar-refractivity contribution is -0.137. The van der Waals surface area contributed by atoms with Crippen molar-refractivity contribution in [1.29, 1.82) is 0 Å². The van der Waals surface area contributed by atoms with E-state index in [0.29, 0.717) is 16.9 Å². The van der Waals surface area contributed by atoms with Crippen LogP contribution in [0.3, 0.4) is 0 Å². The number of hydrogen-bond acceptors (Lipinski definition) is 4. The van der Waals surface area contributed by atoms with E-state index in [4.69, 9.17) is 0 Å². The summed E-state index contributed by atoms with van der Waals surface area (Å²) in [5.41, 5.74) is 1.61. The maximum absolute atomic E-state index is 13.1. The molecule has 4 rings (SSSR count). The van der Waals surface area contributed by atoms with Crippen LogP contribution in [0.4, 0.5) is 19.0 Å². The largest absolute Gasteiger partial charge is 0.416 e. The van der Waals surface area contributed by atoms with Crippen molar-refractivity contribution in [2.24, 2.45) is 7.05 Å². The summed E-state index contributed by atoms with van der Waals surface area (Å²) in [6.45, 7) is 3.50. The molecule has 1 N–H and O–H groups in total. The van der Waals surface area contributed by atoms with Gasteiger partial charge in [-0.15, -0.1) is 0 Å². The van der Waals surface area contributed by atoms with Gasteiger partial charge in [-0.25, -0.2) is 9.67 Å². The Labute approximate surface area is 169 Å². The number of nitrogens with one attached hydrogen (secondary N) is 1. The van der Waals surface area contributed by atoms with Gasteiger partial charge in [-0.2, -0.15) is 23.4 Å². The van der Waals surface area contributed by atoms with E-state index in [1.165, 1.54) is 23.0 Å². The molecule has 0 aliphatic rings. The molecule has 0 radical (unpaired) electrons. The molecule has 0 saturated heterocycles. The molecule has 0 atom stereocenters. The summed E-state index contributed by atoms with van der Waals surface area (Å²) in [6, 6.07) is 8.01. The normalized spacial score (nSPS) is 11.8. The molecule has 3 aromatic heterocycles. The van der Waals surface area contributed by atoms with Crippen LogP contribution < -0.4 is 5.32 Å². The summed E-state index contributed by atoms with van der Waals surface area (Å²) in [7, 11) is 1.76. The third-order valence-corrected chi connectivity index (χ3v) is 4.62. The molecule has 30 heavy (non-hydrogen) atoms. The van der Waals surface area contributed by atoms with Crippen LogP contribution >= 0.6 is 0 Å². The first-order chi connectivity index (χ1) is 14.1. The molecule has 0 saturated carbocycles. The first-order valence-electron chi connectivity index (χ1n) is 8.98. The van der Waals surface area contributed by atoms with Crippen molar-refractivity contribution in [2.75, 3.05) is 5.32 Å². The molecule has 0 bridgehead atoms. The van der Waals surface area contributed by atoms with Gasteiger partial charge in [-0.3, -0.25) is 9.48 Å². The van der Waals surface area contributed by atoms with E-state index >= 15 is 0 Å². The molecule has 7 nitrogen and oxygen atoms in total. The molecule has 0 aliphatic heterocycles. The molecule has 4 aromatic rings. The number of aryl methyl sites for hydroxylation is 3. The maximum atomic E-state index is 13.1. The fourth-order valence-corrected chi connectivity index (χ4v) is 3.22. The van der Waals surface area contributed by atoms with Gasteiger partial charge >= 0.3 is 6.18 Å². The Balaban J connectivity index is 1.68. The van der Waals surface area contributed by atoms with Crippen LogP contribution in [-0.4, -0.2) is 30.5 Å². The zero-order valence-corrected chi connectivity index (χ0v) is 16.3. The van der Waals surface area contributed by atoms with Crippen molar-refractivity contribution >= 4 is 22.8 Å². The van der Waals surface area contributed by atoms with Crippen molar-refractivity contribution in [3.8, 4) is 5.69 Å². The maximum Gasteiger partial charge on any atom is 0.416 e. The second-order valence-electron chi connectivity index (χ2n) is 6.89. The highest BCUT2D eigenvalue weighted by Gasteiger charge is 2.30. The van der Waals surface area contributed by atoms with Crippen LogP contribution in [0, 0.1) is 13.8 Å². The van der Waals surface area contributed by atoms with Gasteiger partial charge in [0.1, 0.15) is 5.82 Å². The number of anilines is 1. The molecule has 1 amide bonds. The van der Waals surface area contributed by atoms with Gasteiger partial charge in [-0.05, 0) is 38.1 Å². The lowest BCUT2D eigenvalue weighted by Gasteiger charge is -2.12. The monoisotopic (exact) mass is 414 g/mol. The van der Waals surface area contributed by atoms with E-state index in [0.717, 1.165) is 23.2 Å². The van der Waals surface area contributed by atoms with Crippen molar-refractivity contribution in [2.45, 2.75) is 20.0 Å². The Morgan fingerprint density at radius 3 is 2.60 bits per heavy atom. The fourth-order valence-electron chi connectivity index (χ4n) is 3.22. The molecular formula is C20H17F3N6O. The average molecular weight is 414 g/mol. The van der Waals surface area contributed by atoms with Crippen LogP contribution in [0.1, 0.15) is 27.3 Å². The van der Waals surface area contributed by atoms with Crippen molar-refractivity contribution in [1.82, 2.24) is 24.5 Å². The Hall–Kier alpha value is -3.69. The predicted molar refractivity (Wildman–Crippen MR) is 105 cm³/mol. The quantitative estimate of drug-likeness (QED) is 0.549. The van der Waals surface area contributed by atoms with Crippen LogP contribution in [0.5, 0.6) is 0 Å². The van der Waals surface area contributed by atoms with E-state index in [1.807, 2.05) is 6.92 Å². The number of pyridine rings is 1. The van der Waals surface area contributed by atoms with Gasteiger partial charge in [0.05, 0.1) is 28.2 Å². The molecule has 10 heteroatoms. The number of carbonyl (C=O) groups is 1. The summed E-state index contributed by atoms with van der Waals surface area (Å²) in [4.78, 5) is 17.1. The zero-order chi connectivity index (χ0) is 21.6. The second kappa shape index (κ2) is 6.97. The number of nitrogens with zero attached hydrogens (tertiary/aromatic N) is 5. The van der Waals surface area contributed by atoms with E-state index in [9.17, 15) is 18.0 Å². The third kappa shape index (κ3) is 3.51. The lowest BCUT2D eigenvalue weighted by atomic mass is 10.2. The summed E-state index contributed by atoms with van der Waals surface area (Å²) < 4.78 is 42.1. The Morgan fingerprint density at radius 2 is 1.87 bits per heavy atom. The first-order valence-corrected chi connectivity index (χ1v) is 8.98. The van der Waals surface area contributed by atoms with Crippen LogP contribution in [0.2, 0.25) is 0 Å². The smallest absolute Gasteiger partial charge is 0.306 e. The zero-order valence-electron chi connectivity index (χ0n) is 16.3. The van der Waals surface area contributed by atoms with E-state index in [-0.39, 0.29) is 11.5 Å². The summed E-state index contributed by atoms with van der Waals surface area (Å²) >= 11 is 0. The Morgan fingerprint density at radius 1 is 1.10 bits per heavy atom. The Kier molecular flexibility index (Phi) is 4.56. The first kappa shape index (κ1) is 19.6. The van der Waals surface area contributed by atoms with Crippen molar-refractivity contribution < 1.29 is 18.0 Å². The molecule has 0 spiro atoms. The summed E-state index contributed by atoms with van der Waals surface area (Å²) in [6.07, 6.45) is -3.05. The van der Waals surface area contributed by atoms with Crippen LogP contribution in [-0.2, 0) is 13.2 Å². The molecule has 3 heterocycles. The highest BCUT2D eigenvalue weighted by atomic mass is 19.4. The van der Waals surface area contributed by atoms with E-state index in [2.05, 4.69) is 20.5 Å². The standard InChI is InChI=1S/C20H17F3N6O/c1-11-7-17(29(26-11)15-6-4-5-14(9-15)20(21,22)23)25-19(30)13-8-16-12(2)27-28(3)18(16)24-10-13/h4-10H,1-3H3,(H,25,30). The molecule has 0 aliphatic carbocycles. The number of benzene rings is 1. The highest BCUT2D eigenvalue weighted by Crippen LogP contribution is 2.31. The minimum absolute atomic E-state index is 0.185. The number of rotatable bonds is 3. The number of amides is 1. The molecule has 154 valence electrons. The number of carbonyl (C=O) groups excluding carboxylic acids is 1. The van der Waals surface area contributed by atoms with Gasteiger partial charge < -0.3 is 5.32 Å². The second-order valence-corrected chi connectivity index (χ2v) is 6.89. The highest BCUT2D eigenvalue weighted by molar-refractivity contribution is 6.05. The van der Waals surface area contributed by atoms with Crippen molar-refractivity contribution in [3.63, 3.8) is 0 Å². The minimum Gasteiger partial charge on any atom is -0.306 e. The van der Waals surface area contributed by atoms with Gasteiger partial charge in [0.2, 0.25) is 0 Å². The summed E-state index contributed by atoms with van der Waals surface area (Å²) in [5.74, 6) is -0.208. The third-order valence-electron chi connectivity index (χ3n) is 4.62. The molecule has 0 fully saturated rings. The predicted octanol–water partition coefficient (Wildman–Crippen LogP) is 4.04. The van der Waals surface area contributed by atoms with Gasteiger partial charge in [0.25, 0.3) is 5.91 Å². The van der Waals surface area contributed by atoms with Crippen LogP contribution in [0.25, 0.3) is 16.7 Å². The van der Waals surface area contributed by atoms with E-state index in [1.54, 1.807) is 30.8 Å². The Bertz CT molecular complexity index is 1270. The van der Waals surface area contributed by atoms with Crippen molar-refractivity contribution in [3.05, 3.63) is 65.1 Å². The SMILES string of the molecule is Cc1cc(NC(=O)c2cnc3c(c2)c(C)nn3C)n(-c2cccc(C(F)(F)F)c2)n1. The average Bonchev–Trinajstić information content (AvgIpc) is 3.20. The molecule has 1 aromatic carbocycles. The van der Waals surface area contributed by atoms with Gasteiger partial charge in [-0.1, -0.05) is 6.07 Å². The fraction of sp³-hybridized carbons (Fsp3) is 0.200. The lowest BCUT2D eigenvalue weighted by Crippen LogP contribution is -2.16. The topological polar surface area (TPSA) is 77.6 Å². The number of alkyl halides is 3. The van der Waals surface area contributed by atoms with Gasteiger partial charge in [0, 0.05) is 24.7 Å². The number of hydrogen-bond donors (Lipinski definition) is 1. The number of aromatic nitrogens is 5. The number of halogens is 3. The summed E-state index contributed by atoms with van der Waals surface area (Å²) in [5, 5.41) is 12.0. The molecular weight excluding hydrogens is 397 g/mol.